The Morgan fingerprint density at radius 2 is 1.50 bits per heavy atom. The van der Waals surface area contributed by atoms with E-state index in [2.05, 4.69) is 18.2 Å². The molecule has 3 aromatic carbocycles. The van der Waals surface area contributed by atoms with Crippen LogP contribution in [0, 0.1) is 0 Å². The summed E-state index contributed by atoms with van der Waals surface area (Å²) < 4.78 is 0. The van der Waals surface area contributed by atoms with E-state index in [1.54, 1.807) is 6.07 Å². The maximum Gasteiger partial charge on any atom is 0.488 e. The van der Waals surface area contributed by atoms with Crippen LogP contribution in [-0.4, -0.2) is 17.2 Å². The van der Waals surface area contributed by atoms with Gasteiger partial charge in [0.05, 0.1) is 0 Å². The van der Waals surface area contributed by atoms with Crippen molar-refractivity contribution in [2.24, 2.45) is 0 Å². The van der Waals surface area contributed by atoms with Gasteiger partial charge in [-0.05, 0) is 51.8 Å². The predicted molar refractivity (Wildman–Crippen MR) is 98.7 cm³/mol. The van der Waals surface area contributed by atoms with Gasteiger partial charge in [-0.3, -0.25) is 0 Å². The first-order valence-electron chi connectivity index (χ1n) is 7.97. The minimum Gasteiger partial charge on any atom is -0.423 e. The quantitative estimate of drug-likeness (QED) is 0.721. The molecule has 0 saturated carbocycles. The summed E-state index contributed by atoms with van der Waals surface area (Å²) in [6.45, 7) is 0. The highest BCUT2D eigenvalue weighted by atomic mass is 35.5. The van der Waals surface area contributed by atoms with Gasteiger partial charge in [0, 0.05) is 10.9 Å². The highest BCUT2D eigenvalue weighted by Gasteiger charge is 2.30. The van der Waals surface area contributed by atoms with Crippen LogP contribution in [0.1, 0.15) is 22.6 Å². The standard InChI is InChI=1S/C20H16BClO2/c22-15-7-9-17-16-8-6-14(21(23)24)11-19(16)18(20(17)12-15)10-13-4-2-1-3-5-13/h1-9,11-12,18,23-24H,10H2. The number of rotatable bonds is 3. The van der Waals surface area contributed by atoms with Crippen LogP contribution < -0.4 is 5.46 Å². The molecular weight excluding hydrogens is 318 g/mol. The van der Waals surface area contributed by atoms with E-state index in [9.17, 15) is 10.0 Å². The minimum atomic E-state index is -1.46. The zero-order valence-corrected chi connectivity index (χ0v) is 13.7. The Morgan fingerprint density at radius 3 is 2.21 bits per heavy atom. The van der Waals surface area contributed by atoms with Crippen molar-refractivity contribution >= 4 is 24.2 Å². The van der Waals surface area contributed by atoms with Gasteiger partial charge in [-0.1, -0.05) is 66.2 Å². The molecule has 2 nitrogen and oxygen atoms in total. The fourth-order valence-electron chi connectivity index (χ4n) is 3.58. The third-order valence-electron chi connectivity index (χ3n) is 4.71. The topological polar surface area (TPSA) is 40.5 Å². The monoisotopic (exact) mass is 334 g/mol. The SMILES string of the molecule is OB(O)c1ccc2c(c1)C(Cc1ccccc1)c1cc(Cl)ccc1-2. The van der Waals surface area contributed by atoms with Crippen LogP contribution in [-0.2, 0) is 6.42 Å². The van der Waals surface area contributed by atoms with Crippen LogP contribution in [0.25, 0.3) is 11.1 Å². The number of hydrogen-bond acceptors (Lipinski definition) is 2. The lowest BCUT2D eigenvalue weighted by Gasteiger charge is -2.15. The number of hydrogen-bond donors (Lipinski definition) is 2. The maximum atomic E-state index is 9.53. The Hall–Kier alpha value is -2.07. The van der Waals surface area contributed by atoms with E-state index in [1.165, 1.54) is 16.7 Å². The Labute approximate surface area is 146 Å². The van der Waals surface area contributed by atoms with Gasteiger partial charge in [0.2, 0.25) is 0 Å². The van der Waals surface area contributed by atoms with E-state index in [-0.39, 0.29) is 5.92 Å². The molecule has 0 aromatic heterocycles. The molecule has 1 atom stereocenters. The van der Waals surface area contributed by atoms with Gasteiger partial charge in [0.25, 0.3) is 0 Å². The van der Waals surface area contributed by atoms with E-state index >= 15 is 0 Å². The summed E-state index contributed by atoms with van der Waals surface area (Å²) in [7, 11) is -1.46. The lowest BCUT2D eigenvalue weighted by molar-refractivity contribution is 0.425. The normalized spacial score (nSPS) is 15.0. The van der Waals surface area contributed by atoms with Gasteiger partial charge in [-0.2, -0.15) is 0 Å². The zero-order chi connectivity index (χ0) is 16.7. The first-order chi connectivity index (χ1) is 11.6. The van der Waals surface area contributed by atoms with Crippen LogP contribution in [0.2, 0.25) is 5.02 Å². The van der Waals surface area contributed by atoms with Gasteiger partial charge in [0.15, 0.2) is 0 Å². The fourth-order valence-corrected chi connectivity index (χ4v) is 3.76. The van der Waals surface area contributed by atoms with Crippen LogP contribution in [0.5, 0.6) is 0 Å². The van der Waals surface area contributed by atoms with Crippen LogP contribution in [0.4, 0.5) is 0 Å². The molecule has 0 aliphatic heterocycles. The van der Waals surface area contributed by atoms with Crippen molar-refractivity contribution in [1.82, 2.24) is 0 Å². The molecule has 0 saturated heterocycles. The molecule has 1 unspecified atom stereocenters. The molecule has 4 heteroatoms. The van der Waals surface area contributed by atoms with Crippen molar-refractivity contribution in [3.63, 3.8) is 0 Å². The summed E-state index contributed by atoms with van der Waals surface area (Å²) in [6.07, 6.45) is 0.853. The van der Waals surface area contributed by atoms with Crippen molar-refractivity contribution in [2.75, 3.05) is 0 Å². The van der Waals surface area contributed by atoms with Gasteiger partial charge >= 0.3 is 7.12 Å². The largest absolute Gasteiger partial charge is 0.488 e. The van der Waals surface area contributed by atoms with Crippen molar-refractivity contribution in [3.8, 4) is 11.1 Å². The number of fused-ring (bicyclic) bond motifs is 3. The minimum absolute atomic E-state index is 0.162. The molecule has 24 heavy (non-hydrogen) atoms. The second-order valence-corrected chi connectivity index (χ2v) is 6.63. The van der Waals surface area contributed by atoms with Crippen LogP contribution in [0.15, 0.2) is 66.7 Å². The Balaban J connectivity index is 1.86. The summed E-state index contributed by atoms with van der Waals surface area (Å²) in [4.78, 5) is 0. The number of halogens is 1. The van der Waals surface area contributed by atoms with Gasteiger partial charge in [-0.25, -0.2) is 0 Å². The first-order valence-corrected chi connectivity index (χ1v) is 8.35. The van der Waals surface area contributed by atoms with Gasteiger partial charge in [0.1, 0.15) is 0 Å². The van der Waals surface area contributed by atoms with Crippen molar-refractivity contribution < 1.29 is 10.0 Å². The second kappa shape index (κ2) is 6.10. The molecule has 0 heterocycles. The fraction of sp³-hybridized carbons (Fsp3) is 0.100. The van der Waals surface area contributed by atoms with E-state index in [0.29, 0.717) is 5.46 Å². The zero-order valence-electron chi connectivity index (χ0n) is 13.0. The smallest absolute Gasteiger partial charge is 0.423 e. The summed E-state index contributed by atoms with van der Waals surface area (Å²) in [5, 5.41) is 19.8. The molecule has 1 aliphatic rings. The lowest BCUT2D eigenvalue weighted by atomic mass is 9.77. The average Bonchev–Trinajstić information content (AvgIpc) is 2.88. The summed E-state index contributed by atoms with van der Waals surface area (Å²) >= 11 is 6.24. The average molecular weight is 335 g/mol. The molecule has 118 valence electrons. The van der Waals surface area contributed by atoms with Crippen molar-refractivity contribution in [2.45, 2.75) is 12.3 Å². The summed E-state index contributed by atoms with van der Waals surface area (Å²) in [6, 6.07) is 22.0. The summed E-state index contributed by atoms with van der Waals surface area (Å²) in [5.41, 5.74) is 6.41. The Kier molecular flexibility index (Phi) is 3.93. The van der Waals surface area contributed by atoms with Crippen LogP contribution >= 0.6 is 11.6 Å². The van der Waals surface area contributed by atoms with Crippen LogP contribution in [0.3, 0.4) is 0 Å². The maximum absolute atomic E-state index is 9.53. The highest BCUT2D eigenvalue weighted by Crippen LogP contribution is 2.46. The molecule has 2 N–H and O–H groups in total. The Bertz CT molecular complexity index is 893. The second-order valence-electron chi connectivity index (χ2n) is 6.19. The first kappa shape index (κ1) is 15.5. The molecule has 0 radical (unpaired) electrons. The predicted octanol–water partition coefficient (Wildman–Crippen LogP) is 3.37. The van der Waals surface area contributed by atoms with E-state index in [4.69, 9.17) is 11.6 Å². The van der Waals surface area contributed by atoms with Gasteiger partial charge < -0.3 is 10.0 Å². The molecule has 0 spiro atoms. The molecule has 0 fully saturated rings. The van der Waals surface area contributed by atoms with Crippen molar-refractivity contribution in [1.29, 1.82) is 0 Å². The van der Waals surface area contributed by atoms with E-state index < -0.39 is 7.12 Å². The van der Waals surface area contributed by atoms with E-state index in [1.807, 2.05) is 42.5 Å². The van der Waals surface area contributed by atoms with E-state index in [0.717, 1.165) is 22.6 Å². The summed E-state index contributed by atoms with van der Waals surface area (Å²) in [5.74, 6) is 0.162. The number of benzene rings is 3. The highest BCUT2D eigenvalue weighted by molar-refractivity contribution is 6.58. The molecular formula is C20H16BClO2. The van der Waals surface area contributed by atoms with Gasteiger partial charge in [-0.15, -0.1) is 0 Å². The molecule has 0 amide bonds. The molecule has 3 aromatic rings. The lowest BCUT2D eigenvalue weighted by Crippen LogP contribution is -2.30. The third-order valence-corrected chi connectivity index (χ3v) is 4.95. The third kappa shape index (κ3) is 2.65. The molecule has 1 aliphatic carbocycles. The molecule has 4 rings (SSSR count). The van der Waals surface area contributed by atoms with Crippen molar-refractivity contribution in [3.05, 3.63) is 88.4 Å². The Morgan fingerprint density at radius 1 is 0.833 bits per heavy atom. The molecule has 0 bridgehead atoms.